The van der Waals surface area contributed by atoms with Gasteiger partial charge in [0.1, 0.15) is 0 Å². The summed E-state index contributed by atoms with van der Waals surface area (Å²) in [6.45, 7) is 3.11. The van der Waals surface area contributed by atoms with Crippen LogP contribution < -0.4 is 5.32 Å². The number of rotatable bonds is 3. The highest BCUT2D eigenvalue weighted by molar-refractivity contribution is 6.33. The van der Waals surface area contributed by atoms with Gasteiger partial charge in [0, 0.05) is 12.1 Å². The predicted molar refractivity (Wildman–Crippen MR) is 76.6 cm³/mol. The second-order valence-corrected chi connectivity index (χ2v) is 5.99. The zero-order chi connectivity index (χ0) is 13.3. The van der Waals surface area contributed by atoms with Gasteiger partial charge >= 0.3 is 0 Å². The van der Waals surface area contributed by atoms with Gasteiger partial charge in [0.05, 0.1) is 10.6 Å². The minimum atomic E-state index is -0.0567. The Morgan fingerprint density at radius 1 is 1.26 bits per heavy atom. The van der Waals surface area contributed by atoms with Crippen molar-refractivity contribution in [3.8, 4) is 0 Å². The molecule has 1 N–H and O–H groups in total. The molecule has 2 heterocycles. The molecule has 4 heteroatoms. The summed E-state index contributed by atoms with van der Waals surface area (Å²) in [6, 6.07) is 7.21. The summed E-state index contributed by atoms with van der Waals surface area (Å²) in [5.74, 6) is -0.0567. The van der Waals surface area contributed by atoms with E-state index in [-0.39, 0.29) is 11.4 Å². The van der Waals surface area contributed by atoms with E-state index in [1.54, 1.807) is 12.1 Å². The van der Waals surface area contributed by atoms with Gasteiger partial charge in [0.2, 0.25) is 0 Å². The Labute approximate surface area is 118 Å². The molecule has 0 saturated carbocycles. The van der Waals surface area contributed by atoms with E-state index in [1.807, 2.05) is 12.1 Å². The van der Waals surface area contributed by atoms with Crippen molar-refractivity contribution in [2.24, 2.45) is 0 Å². The topological polar surface area (TPSA) is 32.3 Å². The van der Waals surface area contributed by atoms with Gasteiger partial charge in [-0.25, -0.2) is 0 Å². The maximum absolute atomic E-state index is 12.2. The van der Waals surface area contributed by atoms with Crippen molar-refractivity contribution in [2.75, 3.05) is 19.6 Å². The van der Waals surface area contributed by atoms with Crippen LogP contribution in [0.2, 0.25) is 5.02 Å². The van der Waals surface area contributed by atoms with Crippen molar-refractivity contribution >= 4 is 17.5 Å². The molecule has 3 nitrogen and oxygen atoms in total. The third-order valence-electron chi connectivity index (χ3n) is 4.51. The Kier molecular flexibility index (Phi) is 3.50. The van der Waals surface area contributed by atoms with Crippen LogP contribution >= 0.6 is 11.6 Å². The normalized spacial score (nSPS) is 21.3. The molecule has 2 aliphatic rings. The van der Waals surface area contributed by atoms with Gasteiger partial charge in [0.15, 0.2) is 0 Å². The van der Waals surface area contributed by atoms with Crippen molar-refractivity contribution in [3.63, 3.8) is 0 Å². The van der Waals surface area contributed by atoms with Gasteiger partial charge in [-0.1, -0.05) is 23.7 Å². The van der Waals surface area contributed by atoms with Crippen LogP contribution in [0.4, 0.5) is 0 Å². The first-order valence-corrected chi connectivity index (χ1v) is 7.37. The van der Waals surface area contributed by atoms with Gasteiger partial charge < -0.3 is 5.32 Å². The van der Waals surface area contributed by atoms with Gasteiger partial charge in [-0.2, -0.15) is 0 Å². The molecular formula is C15H19ClN2O. The highest BCUT2D eigenvalue weighted by atomic mass is 35.5. The molecule has 0 spiro atoms. The molecule has 0 bridgehead atoms. The lowest BCUT2D eigenvalue weighted by atomic mass is 9.94. The molecule has 19 heavy (non-hydrogen) atoms. The highest BCUT2D eigenvalue weighted by Gasteiger charge is 2.44. The molecule has 2 aliphatic heterocycles. The molecule has 0 aromatic heterocycles. The van der Waals surface area contributed by atoms with Crippen LogP contribution in [0.15, 0.2) is 24.3 Å². The van der Waals surface area contributed by atoms with Gasteiger partial charge in [-0.15, -0.1) is 0 Å². The first kappa shape index (κ1) is 12.9. The van der Waals surface area contributed by atoms with Crippen LogP contribution in [0.25, 0.3) is 0 Å². The number of halogens is 1. The Bertz CT molecular complexity index is 479. The smallest absolute Gasteiger partial charge is 0.252 e. The van der Waals surface area contributed by atoms with Crippen LogP contribution in [0.3, 0.4) is 0 Å². The van der Waals surface area contributed by atoms with Crippen LogP contribution in [-0.4, -0.2) is 36.0 Å². The van der Waals surface area contributed by atoms with E-state index in [2.05, 4.69) is 10.2 Å². The summed E-state index contributed by atoms with van der Waals surface area (Å²) in [6.07, 6.45) is 4.91. The van der Waals surface area contributed by atoms with E-state index < -0.39 is 0 Å². The van der Waals surface area contributed by atoms with Crippen LogP contribution in [0, 0.1) is 0 Å². The average Bonchev–Trinajstić information content (AvgIpc) is 2.96. The summed E-state index contributed by atoms with van der Waals surface area (Å²) in [5.41, 5.74) is 0.791. The molecule has 0 unspecified atom stereocenters. The Morgan fingerprint density at radius 2 is 1.95 bits per heavy atom. The number of carbonyl (C=O) groups is 1. The van der Waals surface area contributed by atoms with E-state index in [0.29, 0.717) is 10.6 Å². The molecule has 102 valence electrons. The lowest BCUT2D eigenvalue weighted by Crippen LogP contribution is -2.48. The van der Waals surface area contributed by atoms with Crippen molar-refractivity contribution in [3.05, 3.63) is 34.9 Å². The van der Waals surface area contributed by atoms with Crippen LogP contribution in [-0.2, 0) is 0 Å². The third-order valence-corrected chi connectivity index (χ3v) is 4.84. The number of hydrogen-bond acceptors (Lipinski definition) is 2. The fraction of sp³-hybridized carbons (Fsp3) is 0.533. The zero-order valence-electron chi connectivity index (χ0n) is 11.0. The summed E-state index contributed by atoms with van der Waals surface area (Å²) >= 11 is 6.05. The molecule has 2 saturated heterocycles. The molecule has 0 atom stereocenters. The molecule has 1 aromatic rings. The minimum absolute atomic E-state index is 0.0567. The predicted octanol–water partition coefficient (Wildman–Crippen LogP) is 2.70. The number of fused-ring (bicyclic) bond motifs is 1. The zero-order valence-corrected chi connectivity index (χ0v) is 11.7. The molecule has 0 radical (unpaired) electrons. The van der Waals surface area contributed by atoms with Crippen LogP contribution in [0.1, 0.15) is 36.0 Å². The summed E-state index contributed by atoms with van der Waals surface area (Å²) in [4.78, 5) is 14.7. The molecular weight excluding hydrogens is 260 g/mol. The van der Waals surface area contributed by atoms with E-state index in [4.69, 9.17) is 11.6 Å². The second-order valence-electron chi connectivity index (χ2n) is 5.58. The first-order valence-electron chi connectivity index (χ1n) is 6.99. The van der Waals surface area contributed by atoms with Gasteiger partial charge in [0.25, 0.3) is 5.91 Å². The molecule has 2 fully saturated rings. The number of nitrogens with one attached hydrogen (secondary N) is 1. The van der Waals surface area contributed by atoms with Crippen molar-refractivity contribution in [1.29, 1.82) is 0 Å². The molecule has 0 aliphatic carbocycles. The van der Waals surface area contributed by atoms with E-state index in [9.17, 15) is 4.79 Å². The van der Waals surface area contributed by atoms with Crippen molar-refractivity contribution in [1.82, 2.24) is 10.2 Å². The Balaban J connectivity index is 1.67. The average molecular weight is 279 g/mol. The fourth-order valence-electron chi connectivity index (χ4n) is 3.50. The van der Waals surface area contributed by atoms with E-state index >= 15 is 0 Å². The van der Waals surface area contributed by atoms with Crippen molar-refractivity contribution in [2.45, 2.75) is 31.2 Å². The maximum Gasteiger partial charge on any atom is 0.252 e. The number of carbonyl (C=O) groups excluding carboxylic acids is 1. The fourth-order valence-corrected chi connectivity index (χ4v) is 3.72. The van der Waals surface area contributed by atoms with E-state index in [1.165, 1.54) is 38.8 Å². The Hall–Kier alpha value is -1.06. The standard InChI is InChI=1S/C15H19ClN2O/c16-13-6-2-1-5-12(13)14(19)17-11-15-7-3-9-18(15)10-4-8-15/h1-2,5-6H,3-4,7-11H2,(H,17,19). The number of nitrogens with zero attached hydrogens (tertiary/aromatic N) is 1. The second kappa shape index (κ2) is 5.14. The summed E-state index contributed by atoms with van der Waals surface area (Å²) in [5, 5.41) is 3.60. The number of amides is 1. The van der Waals surface area contributed by atoms with E-state index in [0.717, 1.165) is 6.54 Å². The first-order chi connectivity index (χ1) is 9.21. The maximum atomic E-state index is 12.2. The molecule has 3 rings (SSSR count). The summed E-state index contributed by atoms with van der Waals surface area (Å²) < 4.78 is 0. The van der Waals surface area contributed by atoms with Gasteiger partial charge in [-0.3, -0.25) is 9.69 Å². The number of benzene rings is 1. The quantitative estimate of drug-likeness (QED) is 0.922. The Morgan fingerprint density at radius 3 is 2.63 bits per heavy atom. The minimum Gasteiger partial charge on any atom is -0.350 e. The third kappa shape index (κ3) is 2.37. The number of hydrogen-bond donors (Lipinski definition) is 1. The SMILES string of the molecule is O=C(NCC12CCCN1CCC2)c1ccccc1Cl. The van der Waals surface area contributed by atoms with Crippen LogP contribution in [0.5, 0.6) is 0 Å². The largest absolute Gasteiger partial charge is 0.350 e. The highest BCUT2D eigenvalue weighted by Crippen LogP contribution is 2.38. The molecule has 1 amide bonds. The monoisotopic (exact) mass is 278 g/mol. The van der Waals surface area contributed by atoms with Crippen molar-refractivity contribution < 1.29 is 4.79 Å². The lowest BCUT2D eigenvalue weighted by molar-refractivity contribution is 0.0919. The van der Waals surface area contributed by atoms with Gasteiger partial charge in [-0.05, 0) is 50.9 Å². The summed E-state index contributed by atoms with van der Waals surface area (Å²) in [7, 11) is 0. The molecule has 1 aromatic carbocycles. The lowest BCUT2D eigenvalue weighted by Gasteiger charge is -2.32.